The average molecular weight is 448 g/mol. The highest BCUT2D eigenvalue weighted by molar-refractivity contribution is 7.15. The van der Waals surface area contributed by atoms with Crippen molar-refractivity contribution in [3.63, 3.8) is 0 Å². The van der Waals surface area contributed by atoms with Crippen LogP contribution in [0.25, 0.3) is 26.8 Å². The molecular weight excluding hydrogens is 430 g/mol. The normalized spacial score (nSPS) is 12.2. The van der Waals surface area contributed by atoms with E-state index in [-0.39, 0.29) is 11.5 Å². The molecule has 0 saturated heterocycles. The third kappa shape index (κ3) is 3.80. The molecule has 31 heavy (non-hydrogen) atoms. The Morgan fingerprint density at radius 1 is 1.03 bits per heavy atom. The minimum atomic E-state index is -0.757. The Labute approximate surface area is 185 Å². The maximum atomic E-state index is 12.8. The number of hydrogen-bond donors (Lipinski definition) is 1. The molecule has 1 N–H and O–H groups in total. The van der Waals surface area contributed by atoms with Crippen LogP contribution in [0.3, 0.4) is 0 Å². The predicted molar refractivity (Wildman–Crippen MR) is 124 cm³/mol. The van der Waals surface area contributed by atoms with Gasteiger partial charge in [-0.3, -0.25) is 14.0 Å². The van der Waals surface area contributed by atoms with Crippen molar-refractivity contribution in [2.75, 3.05) is 5.32 Å². The van der Waals surface area contributed by atoms with Crippen LogP contribution in [0.15, 0.2) is 76.5 Å². The number of thiazole rings is 1. The number of carbonyl (C=O) groups excluding carboxylic acids is 1. The van der Waals surface area contributed by atoms with Crippen molar-refractivity contribution < 1.29 is 4.79 Å². The highest BCUT2D eigenvalue weighted by Gasteiger charge is 2.18. The van der Waals surface area contributed by atoms with Crippen LogP contribution in [0, 0.1) is 0 Å². The van der Waals surface area contributed by atoms with Crippen LogP contribution >= 0.6 is 22.7 Å². The van der Waals surface area contributed by atoms with Gasteiger partial charge in [-0.05, 0) is 36.6 Å². The SMILES string of the molecule is CC(C(=O)Nc1ccc(-c2cn3ccsc3n2)cc1)n1nc(-c2cccs2)ccc1=O. The van der Waals surface area contributed by atoms with Gasteiger partial charge in [0.05, 0.1) is 10.6 Å². The molecule has 0 aliphatic heterocycles. The first-order chi connectivity index (χ1) is 15.1. The van der Waals surface area contributed by atoms with Gasteiger partial charge in [0.25, 0.3) is 5.56 Å². The van der Waals surface area contributed by atoms with E-state index in [1.54, 1.807) is 24.3 Å². The molecule has 1 unspecified atom stereocenters. The van der Waals surface area contributed by atoms with E-state index in [0.29, 0.717) is 11.4 Å². The van der Waals surface area contributed by atoms with E-state index in [1.165, 1.54) is 22.1 Å². The number of aromatic nitrogens is 4. The van der Waals surface area contributed by atoms with Gasteiger partial charge >= 0.3 is 0 Å². The number of benzene rings is 1. The fourth-order valence-electron chi connectivity index (χ4n) is 3.21. The summed E-state index contributed by atoms with van der Waals surface area (Å²) < 4.78 is 3.20. The lowest BCUT2D eigenvalue weighted by molar-refractivity contribution is -0.119. The van der Waals surface area contributed by atoms with E-state index in [4.69, 9.17) is 0 Å². The number of nitrogens with one attached hydrogen (secondary N) is 1. The number of anilines is 1. The number of nitrogens with zero attached hydrogens (tertiary/aromatic N) is 4. The van der Waals surface area contributed by atoms with Crippen molar-refractivity contribution >= 4 is 39.2 Å². The van der Waals surface area contributed by atoms with Crippen LogP contribution in [0.5, 0.6) is 0 Å². The second kappa shape index (κ2) is 7.93. The van der Waals surface area contributed by atoms with Crippen LogP contribution < -0.4 is 10.9 Å². The number of imidazole rings is 1. The summed E-state index contributed by atoms with van der Waals surface area (Å²) in [5, 5.41) is 11.2. The van der Waals surface area contributed by atoms with E-state index in [1.807, 2.05) is 64.0 Å². The molecule has 1 aromatic carbocycles. The summed E-state index contributed by atoms with van der Waals surface area (Å²) in [4.78, 5) is 31.6. The minimum absolute atomic E-state index is 0.312. The van der Waals surface area contributed by atoms with Gasteiger partial charge in [0.15, 0.2) is 4.96 Å². The molecule has 0 fully saturated rings. The molecule has 0 radical (unpaired) electrons. The van der Waals surface area contributed by atoms with E-state index in [0.717, 1.165) is 21.1 Å². The molecule has 7 nitrogen and oxygen atoms in total. The quantitative estimate of drug-likeness (QED) is 0.429. The van der Waals surface area contributed by atoms with Gasteiger partial charge in [-0.15, -0.1) is 22.7 Å². The van der Waals surface area contributed by atoms with Gasteiger partial charge in [0.1, 0.15) is 11.7 Å². The Hall–Kier alpha value is -3.56. The predicted octanol–water partition coefficient (Wildman–Crippen LogP) is 4.55. The number of carbonyl (C=O) groups is 1. The van der Waals surface area contributed by atoms with Crippen molar-refractivity contribution in [1.82, 2.24) is 19.2 Å². The highest BCUT2D eigenvalue weighted by Crippen LogP contribution is 2.24. The van der Waals surface area contributed by atoms with Gasteiger partial charge in [-0.1, -0.05) is 18.2 Å². The first-order valence-corrected chi connectivity index (χ1v) is 11.3. The van der Waals surface area contributed by atoms with Gasteiger partial charge in [0.2, 0.25) is 5.91 Å². The van der Waals surface area contributed by atoms with Crippen molar-refractivity contribution in [2.45, 2.75) is 13.0 Å². The molecule has 0 aliphatic carbocycles. The Balaban J connectivity index is 1.33. The molecule has 0 spiro atoms. The third-order valence-electron chi connectivity index (χ3n) is 4.89. The Morgan fingerprint density at radius 2 is 1.87 bits per heavy atom. The number of rotatable bonds is 5. The largest absolute Gasteiger partial charge is 0.324 e. The molecule has 1 atom stereocenters. The van der Waals surface area contributed by atoms with Crippen LogP contribution in [-0.4, -0.2) is 25.1 Å². The standard InChI is InChI=1S/C22H17N5O2S2/c1-14(27-20(28)9-8-17(25-27)19-3-2-11-30-19)21(29)23-16-6-4-15(5-7-16)18-13-26-10-12-31-22(26)24-18/h2-14H,1H3,(H,23,29). The topological polar surface area (TPSA) is 81.3 Å². The summed E-state index contributed by atoms with van der Waals surface area (Å²) in [6.45, 7) is 1.66. The van der Waals surface area contributed by atoms with Crippen molar-refractivity contribution in [3.05, 3.63) is 82.0 Å². The molecule has 154 valence electrons. The van der Waals surface area contributed by atoms with Gasteiger partial charge in [0, 0.05) is 35.1 Å². The summed E-state index contributed by atoms with van der Waals surface area (Å²) in [7, 11) is 0. The van der Waals surface area contributed by atoms with Crippen LogP contribution in [0.2, 0.25) is 0 Å². The summed E-state index contributed by atoms with van der Waals surface area (Å²) in [5.74, 6) is -0.312. The van der Waals surface area contributed by atoms with E-state index >= 15 is 0 Å². The summed E-state index contributed by atoms with van der Waals surface area (Å²) in [5.41, 5.74) is 2.82. The van der Waals surface area contributed by atoms with E-state index < -0.39 is 6.04 Å². The fourth-order valence-corrected chi connectivity index (χ4v) is 4.60. The second-order valence-electron chi connectivity index (χ2n) is 6.94. The number of amides is 1. The smallest absolute Gasteiger partial charge is 0.267 e. The summed E-state index contributed by atoms with van der Waals surface area (Å²) in [6.07, 6.45) is 3.94. The number of thiophene rings is 1. The van der Waals surface area contributed by atoms with E-state index in [9.17, 15) is 9.59 Å². The number of fused-ring (bicyclic) bond motifs is 1. The van der Waals surface area contributed by atoms with Gasteiger partial charge in [-0.2, -0.15) is 5.10 Å². The zero-order chi connectivity index (χ0) is 21.4. The summed E-state index contributed by atoms with van der Waals surface area (Å²) >= 11 is 3.11. The molecule has 9 heteroatoms. The van der Waals surface area contributed by atoms with Gasteiger partial charge < -0.3 is 5.32 Å². The zero-order valence-corrected chi connectivity index (χ0v) is 18.1. The Bertz CT molecular complexity index is 1390. The lowest BCUT2D eigenvalue weighted by atomic mass is 10.1. The minimum Gasteiger partial charge on any atom is -0.324 e. The maximum Gasteiger partial charge on any atom is 0.267 e. The first-order valence-electron chi connectivity index (χ1n) is 9.56. The molecule has 1 amide bonds. The van der Waals surface area contributed by atoms with Crippen molar-refractivity contribution in [1.29, 1.82) is 0 Å². The zero-order valence-electron chi connectivity index (χ0n) is 16.4. The lowest BCUT2D eigenvalue weighted by Gasteiger charge is -2.15. The molecule has 0 aliphatic rings. The van der Waals surface area contributed by atoms with Gasteiger partial charge in [-0.25, -0.2) is 9.67 Å². The second-order valence-corrected chi connectivity index (χ2v) is 8.76. The van der Waals surface area contributed by atoms with Crippen LogP contribution in [-0.2, 0) is 4.79 Å². The monoisotopic (exact) mass is 447 g/mol. The third-order valence-corrected chi connectivity index (χ3v) is 6.55. The average Bonchev–Trinajstić information content (AvgIpc) is 3.52. The van der Waals surface area contributed by atoms with E-state index in [2.05, 4.69) is 15.4 Å². The first kappa shape index (κ1) is 19.4. The van der Waals surface area contributed by atoms with Crippen molar-refractivity contribution in [2.24, 2.45) is 0 Å². The fraction of sp³-hybridized carbons (Fsp3) is 0.0909. The number of hydrogen-bond acceptors (Lipinski definition) is 6. The molecule has 5 rings (SSSR count). The molecule has 4 aromatic heterocycles. The molecule has 0 saturated carbocycles. The molecule has 5 aromatic rings. The maximum absolute atomic E-state index is 12.8. The van der Waals surface area contributed by atoms with Crippen LogP contribution in [0.1, 0.15) is 13.0 Å². The Kier molecular flexibility index (Phi) is 4.97. The van der Waals surface area contributed by atoms with Crippen LogP contribution in [0.4, 0.5) is 5.69 Å². The molecule has 0 bridgehead atoms. The molecule has 4 heterocycles. The van der Waals surface area contributed by atoms with Crippen molar-refractivity contribution in [3.8, 4) is 21.8 Å². The molecular formula is C22H17N5O2S2. The lowest BCUT2D eigenvalue weighted by Crippen LogP contribution is -2.33. The Morgan fingerprint density at radius 3 is 2.61 bits per heavy atom. The highest BCUT2D eigenvalue weighted by atomic mass is 32.1. The summed E-state index contributed by atoms with van der Waals surface area (Å²) in [6, 6.07) is 13.7.